The zero-order valence-corrected chi connectivity index (χ0v) is 16.8. The molecular formula is C22H27NO3S. The molecule has 2 heterocycles. The van der Waals surface area contributed by atoms with E-state index in [4.69, 9.17) is 4.74 Å². The first-order valence-corrected chi connectivity index (χ1v) is 11.6. The molecule has 1 spiro atoms. The molecule has 4 nitrogen and oxygen atoms in total. The normalized spacial score (nSPS) is 22.7. The fourth-order valence-electron chi connectivity index (χ4n) is 4.51. The van der Waals surface area contributed by atoms with E-state index in [1.165, 1.54) is 6.26 Å². The molecule has 1 fully saturated rings. The Morgan fingerprint density at radius 3 is 2.37 bits per heavy atom. The van der Waals surface area contributed by atoms with E-state index in [9.17, 15) is 8.42 Å². The second-order valence-corrected chi connectivity index (χ2v) is 10.3. The van der Waals surface area contributed by atoms with Gasteiger partial charge in [0.15, 0.2) is 9.84 Å². The predicted octanol–water partition coefficient (Wildman–Crippen LogP) is 3.83. The van der Waals surface area contributed by atoms with Crippen LogP contribution in [0.15, 0.2) is 48.5 Å². The van der Waals surface area contributed by atoms with Gasteiger partial charge in [0.2, 0.25) is 0 Å². The van der Waals surface area contributed by atoms with Crippen LogP contribution in [0.25, 0.3) is 0 Å². The summed E-state index contributed by atoms with van der Waals surface area (Å²) in [4.78, 5) is 0. The Bertz CT molecular complexity index is 932. The third kappa shape index (κ3) is 3.50. The van der Waals surface area contributed by atoms with Crippen molar-refractivity contribution in [3.8, 4) is 5.75 Å². The summed E-state index contributed by atoms with van der Waals surface area (Å²) in [6.45, 7) is 3.70. The van der Waals surface area contributed by atoms with Crippen molar-refractivity contribution < 1.29 is 13.2 Å². The quantitative estimate of drug-likeness (QED) is 0.872. The van der Waals surface area contributed by atoms with Crippen molar-refractivity contribution in [2.24, 2.45) is 0 Å². The lowest BCUT2D eigenvalue weighted by Gasteiger charge is -2.45. The van der Waals surface area contributed by atoms with Crippen molar-refractivity contribution in [2.45, 2.75) is 43.0 Å². The summed E-state index contributed by atoms with van der Waals surface area (Å²) < 4.78 is 31.1. The summed E-state index contributed by atoms with van der Waals surface area (Å²) >= 11 is 0. The van der Waals surface area contributed by atoms with Crippen LogP contribution in [0.1, 0.15) is 54.0 Å². The third-order valence-corrected chi connectivity index (χ3v) is 7.70. The second kappa shape index (κ2) is 6.95. The van der Waals surface area contributed by atoms with E-state index in [1.807, 2.05) is 36.4 Å². The zero-order chi connectivity index (χ0) is 19.1. The number of sulfone groups is 1. The van der Waals surface area contributed by atoms with Gasteiger partial charge in [-0.15, -0.1) is 0 Å². The van der Waals surface area contributed by atoms with Crippen molar-refractivity contribution >= 4 is 9.84 Å². The average Bonchev–Trinajstić information content (AvgIpc) is 2.66. The van der Waals surface area contributed by atoms with Crippen molar-refractivity contribution in [1.82, 2.24) is 5.32 Å². The van der Waals surface area contributed by atoms with Gasteiger partial charge in [-0.05, 0) is 56.5 Å². The Kier molecular flexibility index (Phi) is 4.77. The van der Waals surface area contributed by atoms with Gasteiger partial charge in [-0.1, -0.05) is 42.5 Å². The molecule has 144 valence electrons. The Hall–Kier alpha value is -1.85. The van der Waals surface area contributed by atoms with Gasteiger partial charge in [-0.25, -0.2) is 8.42 Å². The number of rotatable bonds is 3. The highest BCUT2D eigenvalue weighted by molar-refractivity contribution is 7.90. The number of ether oxygens (including phenoxy) is 1. The lowest BCUT2D eigenvalue weighted by Crippen LogP contribution is -2.49. The summed E-state index contributed by atoms with van der Waals surface area (Å²) in [5, 5.41) is 2.90. The Morgan fingerprint density at radius 1 is 1.04 bits per heavy atom. The van der Waals surface area contributed by atoms with E-state index in [-0.39, 0.29) is 11.5 Å². The predicted molar refractivity (Wildman–Crippen MR) is 108 cm³/mol. The molecule has 2 aliphatic heterocycles. The molecule has 0 aliphatic carbocycles. The third-order valence-electron chi connectivity index (χ3n) is 6.16. The molecule has 1 N–H and O–H groups in total. The van der Waals surface area contributed by atoms with Crippen LogP contribution in [0.5, 0.6) is 5.75 Å². The molecule has 4 rings (SSSR count). The van der Waals surface area contributed by atoms with Crippen molar-refractivity contribution in [2.75, 3.05) is 19.3 Å². The first-order chi connectivity index (χ1) is 12.9. The van der Waals surface area contributed by atoms with Gasteiger partial charge in [0.25, 0.3) is 0 Å². The van der Waals surface area contributed by atoms with Gasteiger partial charge >= 0.3 is 0 Å². The van der Waals surface area contributed by atoms with Gasteiger partial charge in [-0.3, -0.25) is 0 Å². The molecule has 1 saturated heterocycles. The van der Waals surface area contributed by atoms with E-state index < -0.39 is 15.1 Å². The molecule has 0 radical (unpaired) electrons. The lowest BCUT2D eigenvalue weighted by molar-refractivity contribution is 0.0113. The van der Waals surface area contributed by atoms with Crippen molar-refractivity contribution in [3.63, 3.8) is 0 Å². The zero-order valence-electron chi connectivity index (χ0n) is 15.9. The summed E-state index contributed by atoms with van der Waals surface area (Å²) in [5.41, 5.74) is 3.01. The molecule has 2 aromatic carbocycles. The van der Waals surface area contributed by atoms with Crippen LogP contribution in [-0.2, 0) is 9.84 Å². The molecule has 5 heteroatoms. The number of para-hydroxylation sites is 1. The SMILES string of the molecule is CC(c1ccccc1C1CC2(CCNCC2)Oc2ccccc21)S(C)(=O)=O. The van der Waals surface area contributed by atoms with Crippen LogP contribution < -0.4 is 10.1 Å². The molecule has 0 bridgehead atoms. The van der Waals surface area contributed by atoms with Gasteiger partial charge < -0.3 is 10.1 Å². The molecule has 0 amide bonds. The van der Waals surface area contributed by atoms with E-state index in [1.54, 1.807) is 6.92 Å². The first-order valence-electron chi connectivity index (χ1n) is 9.66. The minimum Gasteiger partial charge on any atom is -0.487 e. The molecule has 27 heavy (non-hydrogen) atoms. The van der Waals surface area contributed by atoms with Crippen LogP contribution in [-0.4, -0.2) is 33.4 Å². The number of nitrogens with one attached hydrogen (secondary N) is 1. The minimum atomic E-state index is -3.17. The van der Waals surface area contributed by atoms with Crippen LogP contribution >= 0.6 is 0 Å². The Morgan fingerprint density at radius 2 is 1.67 bits per heavy atom. The Balaban J connectivity index is 1.83. The summed E-state index contributed by atoms with van der Waals surface area (Å²) in [7, 11) is -3.17. The second-order valence-electron chi connectivity index (χ2n) is 7.93. The molecule has 2 aliphatic rings. The Labute approximate surface area is 161 Å². The maximum atomic E-state index is 12.3. The molecule has 2 unspecified atom stereocenters. The van der Waals surface area contributed by atoms with Gasteiger partial charge in [0.1, 0.15) is 11.4 Å². The highest BCUT2D eigenvalue weighted by Crippen LogP contribution is 2.48. The van der Waals surface area contributed by atoms with E-state index in [0.29, 0.717) is 0 Å². The number of hydrogen-bond acceptors (Lipinski definition) is 4. The maximum absolute atomic E-state index is 12.3. The molecule has 2 atom stereocenters. The topological polar surface area (TPSA) is 55.4 Å². The average molecular weight is 386 g/mol. The van der Waals surface area contributed by atoms with E-state index in [0.717, 1.165) is 54.8 Å². The minimum absolute atomic E-state index is 0.147. The van der Waals surface area contributed by atoms with Crippen LogP contribution in [0.2, 0.25) is 0 Å². The van der Waals surface area contributed by atoms with Crippen molar-refractivity contribution in [1.29, 1.82) is 0 Å². The van der Waals surface area contributed by atoms with Crippen LogP contribution in [0.3, 0.4) is 0 Å². The summed E-state index contributed by atoms with van der Waals surface area (Å²) in [6, 6.07) is 16.2. The highest BCUT2D eigenvalue weighted by atomic mass is 32.2. The van der Waals surface area contributed by atoms with Crippen molar-refractivity contribution in [3.05, 3.63) is 65.2 Å². The molecule has 2 aromatic rings. The first kappa shape index (κ1) is 18.5. The maximum Gasteiger partial charge on any atom is 0.154 e. The number of benzene rings is 2. The monoisotopic (exact) mass is 385 g/mol. The molecular weight excluding hydrogens is 358 g/mol. The number of piperidine rings is 1. The number of fused-ring (bicyclic) bond motifs is 1. The van der Waals surface area contributed by atoms with Crippen LogP contribution in [0, 0.1) is 0 Å². The van der Waals surface area contributed by atoms with E-state index >= 15 is 0 Å². The summed E-state index contributed by atoms with van der Waals surface area (Å²) in [6.07, 6.45) is 4.16. The molecule has 0 saturated carbocycles. The molecule has 0 aromatic heterocycles. The lowest BCUT2D eigenvalue weighted by atomic mass is 9.74. The smallest absolute Gasteiger partial charge is 0.154 e. The van der Waals surface area contributed by atoms with Gasteiger partial charge in [0.05, 0.1) is 5.25 Å². The number of hydrogen-bond donors (Lipinski definition) is 1. The summed E-state index contributed by atoms with van der Waals surface area (Å²) in [5.74, 6) is 1.09. The van der Waals surface area contributed by atoms with Gasteiger partial charge in [0, 0.05) is 17.7 Å². The fourth-order valence-corrected chi connectivity index (χ4v) is 5.19. The van der Waals surface area contributed by atoms with Gasteiger partial charge in [-0.2, -0.15) is 0 Å². The van der Waals surface area contributed by atoms with Crippen LogP contribution in [0.4, 0.5) is 0 Å². The highest BCUT2D eigenvalue weighted by Gasteiger charge is 2.43. The largest absolute Gasteiger partial charge is 0.487 e. The standard InChI is InChI=1S/C22H27NO3S/c1-16(27(2,24)25)17-7-3-4-8-18(17)20-15-22(11-13-23-14-12-22)26-21-10-6-5-9-19(20)21/h3-10,16,20,23H,11-15H2,1-2H3. The van der Waals surface area contributed by atoms with E-state index in [2.05, 4.69) is 17.4 Å². The fraction of sp³-hybridized carbons (Fsp3) is 0.455.